The lowest BCUT2D eigenvalue weighted by Gasteiger charge is -2.31. The second-order valence-corrected chi connectivity index (χ2v) is 4.49. The van der Waals surface area contributed by atoms with Crippen molar-refractivity contribution in [2.24, 2.45) is 0 Å². The highest BCUT2D eigenvalue weighted by Gasteiger charge is 2.27. The maximum Gasteiger partial charge on any atom is 0.325 e. The predicted octanol–water partition coefficient (Wildman–Crippen LogP) is 1.06. The minimum Gasteiger partial charge on any atom is -0.480 e. The number of carbonyl (C=O) groups is 2. The van der Waals surface area contributed by atoms with Gasteiger partial charge in [-0.15, -0.1) is 5.10 Å². The maximum atomic E-state index is 12.1. The zero-order valence-electron chi connectivity index (χ0n) is 11.5. The number of hydrogen-bond donors (Lipinski definition) is 2. The molecule has 0 radical (unpaired) electrons. The standard InChI is InChI=1S/C12H20N4O3/c1-4-12(5-2,6-3)13-11(19)9-7-16(15-14-9)8-10(17)18/h7H,4-6,8H2,1-3H3,(H,13,19)(H,17,18). The lowest BCUT2D eigenvalue weighted by Crippen LogP contribution is -2.47. The fourth-order valence-corrected chi connectivity index (χ4v) is 1.94. The molecule has 0 spiro atoms. The zero-order chi connectivity index (χ0) is 14.5. The molecule has 1 amide bonds. The molecule has 0 aromatic carbocycles. The highest BCUT2D eigenvalue weighted by Crippen LogP contribution is 2.19. The first-order valence-corrected chi connectivity index (χ1v) is 6.40. The molecular formula is C12H20N4O3. The Labute approximate surface area is 112 Å². The van der Waals surface area contributed by atoms with Crippen molar-refractivity contribution in [2.45, 2.75) is 52.1 Å². The van der Waals surface area contributed by atoms with Crippen molar-refractivity contribution in [1.82, 2.24) is 20.3 Å². The van der Waals surface area contributed by atoms with Crippen molar-refractivity contribution in [2.75, 3.05) is 0 Å². The molecule has 0 saturated carbocycles. The molecule has 0 aliphatic heterocycles. The van der Waals surface area contributed by atoms with Gasteiger partial charge in [0.15, 0.2) is 5.69 Å². The highest BCUT2D eigenvalue weighted by atomic mass is 16.4. The van der Waals surface area contributed by atoms with Crippen LogP contribution in [-0.4, -0.2) is 37.5 Å². The minimum absolute atomic E-state index is 0.140. The molecule has 0 fully saturated rings. The van der Waals surface area contributed by atoms with Crippen LogP contribution in [0.15, 0.2) is 6.20 Å². The number of amides is 1. The van der Waals surface area contributed by atoms with Crippen LogP contribution in [0.4, 0.5) is 0 Å². The molecule has 0 bridgehead atoms. The summed E-state index contributed by atoms with van der Waals surface area (Å²) >= 11 is 0. The van der Waals surface area contributed by atoms with Gasteiger partial charge in [0.05, 0.1) is 6.20 Å². The van der Waals surface area contributed by atoms with Gasteiger partial charge < -0.3 is 10.4 Å². The summed E-state index contributed by atoms with van der Waals surface area (Å²) in [5.74, 6) is -1.34. The summed E-state index contributed by atoms with van der Waals surface area (Å²) < 4.78 is 1.13. The van der Waals surface area contributed by atoms with E-state index in [9.17, 15) is 9.59 Å². The van der Waals surface area contributed by atoms with Gasteiger partial charge in [0.1, 0.15) is 6.54 Å². The first-order valence-electron chi connectivity index (χ1n) is 6.40. The molecule has 1 aromatic heterocycles. The van der Waals surface area contributed by atoms with Gasteiger partial charge in [-0.2, -0.15) is 0 Å². The summed E-state index contributed by atoms with van der Waals surface area (Å²) in [7, 11) is 0. The van der Waals surface area contributed by atoms with Gasteiger partial charge in [-0.3, -0.25) is 9.59 Å². The Kier molecular flexibility index (Phi) is 5.02. The van der Waals surface area contributed by atoms with Gasteiger partial charge in [0.25, 0.3) is 5.91 Å². The van der Waals surface area contributed by atoms with Gasteiger partial charge in [0, 0.05) is 5.54 Å². The number of carbonyl (C=O) groups excluding carboxylic acids is 1. The Morgan fingerprint density at radius 3 is 2.37 bits per heavy atom. The van der Waals surface area contributed by atoms with Crippen LogP contribution in [0.5, 0.6) is 0 Å². The molecule has 106 valence electrons. The van der Waals surface area contributed by atoms with Crippen LogP contribution >= 0.6 is 0 Å². The molecule has 0 unspecified atom stereocenters. The van der Waals surface area contributed by atoms with E-state index in [1.54, 1.807) is 0 Å². The second-order valence-electron chi connectivity index (χ2n) is 4.49. The van der Waals surface area contributed by atoms with Crippen LogP contribution in [0.1, 0.15) is 50.5 Å². The summed E-state index contributed by atoms with van der Waals surface area (Å²) in [6, 6.07) is 0. The summed E-state index contributed by atoms with van der Waals surface area (Å²) in [5.41, 5.74) is -0.103. The van der Waals surface area contributed by atoms with Crippen molar-refractivity contribution in [3.8, 4) is 0 Å². The molecule has 0 atom stereocenters. The molecule has 1 aromatic rings. The number of aromatic nitrogens is 3. The van der Waals surface area contributed by atoms with Crippen molar-refractivity contribution >= 4 is 11.9 Å². The van der Waals surface area contributed by atoms with E-state index >= 15 is 0 Å². The Balaban J connectivity index is 2.77. The van der Waals surface area contributed by atoms with E-state index < -0.39 is 5.97 Å². The number of carboxylic acid groups (broad SMARTS) is 1. The third-order valence-corrected chi connectivity index (χ3v) is 3.48. The first kappa shape index (κ1) is 15.1. The maximum absolute atomic E-state index is 12.1. The lowest BCUT2D eigenvalue weighted by molar-refractivity contribution is -0.137. The van der Waals surface area contributed by atoms with Crippen LogP contribution in [0, 0.1) is 0 Å². The van der Waals surface area contributed by atoms with E-state index in [2.05, 4.69) is 15.6 Å². The third kappa shape index (κ3) is 3.77. The van der Waals surface area contributed by atoms with Gasteiger partial charge >= 0.3 is 5.97 Å². The smallest absolute Gasteiger partial charge is 0.325 e. The molecule has 1 rings (SSSR count). The van der Waals surface area contributed by atoms with Crippen molar-refractivity contribution in [3.05, 3.63) is 11.9 Å². The normalized spacial score (nSPS) is 11.3. The van der Waals surface area contributed by atoms with E-state index in [4.69, 9.17) is 5.11 Å². The fraction of sp³-hybridized carbons (Fsp3) is 0.667. The number of rotatable bonds is 7. The van der Waals surface area contributed by atoms with Crippen molar-refractivity contribution < 1.29 is 14.7 Å². The largest absolute Gasteiger partial charge is 0.480 e. The third-order valence-electron chi connectivity index (χ3n) is 3.48. The Morgan fingerprint density at radius 2 is 1.89 bits per heavy atom. The van der Waals surface area contributed by atoms with Crippen LogP contribution in [0.3, 0.4) is 0 Å². The summed E-state index contributed by atoms with van der Waals surface area (Å²) in [6.45, 7) is 5.76. The molecule has 0 aliphatic carbocycles. The molecule has 7 nitrogen and oxygen atoms in total. The molecule has 7 heteroatoms. The molecule has 0 saturated heterocycles. The SMILES string of the molecule is CCC(CC)(CC)NC(=O)c1cn(CC(=O)O)nn1. The Hall–Kier alpha value is -1.92. The van der Waals surface area contributed by atoms with Crippen LogP contribution in [0.2, 0.25) is 0 Å². The topological polar surface area (TPSA) is 97.1 Å². The summed E-state index contributed by atoms with van der Waals surface area (Å²) in [4.78, 5) is 22.6. The Bertz CT molecular complexity index is 443. The Morgan fingerprint density at radius 1 is 1.32 bits per heavy atom. The molecule has 1 heterocycles. The lowest BCUT2D eigenvalue weighted by atomic mass is 9.89. The van der Waals surface area contributed by atoms with Gasteiger partial charge in [-0.25, -0.2) is 4.68 Å². The average Bonchev–Trinajstić information content (AvgIpc) is 2.83. The van der Waals surface area contributed by atoms with E-state index in [0.717, 1.165) is 23.9 Å². The zero-order valence-corrected chi connectivity index (χ0v) is 11.5. The summed E-state index contributed by atoms with van der Waals surface area (Å²) in [6.07, 6.45) is 3.83. The average molecular weight is 268 g/mol. The van der Waals surface area contributed by atoms with Gasteiger partial charge in [0.2, 0.25) is 0 Å². The number of nitrogens with one attached hydrogen (secondary N) is 1. The fourth-order valence-electron chi connectivity index (χ4n) is 1.94. The van der Waals surface area contributed by atoms with E-state index in [0.29, 0.717) is 0 Å². The van der Waals surface area contributed by atoms with Gasteiger partial charge in [-0.1, -0.05) is 26.0 Å². The van der Waals surface area contributed by atoms with Crippen LogP contribution < -0.4 is 5.32 Å². The molecule has 19 heavy (non-hydrogen) atoms. The molecule has 0 aliphatic rings. The predicted molar refractivity (Wildman–Crippen MR) is 68.7 cm³/mol. The van der Waals surface area contributed by atoms with Crippen molar-refractivity contribution in [3.63, 3.8) is 0 Å². The monoisotopic (exact) mass is 268 g/mol. The number of carboxylic acids is 1. The number of hydrogen-bond acceptors (Lipinski definition) is 4. The second kappa shape index (κ2) is 6.31. The van der Waals surface area contributed by atoms with E-state index in [1.807, 2.05) is 20.8 Å². The van der Waals surface area contributed by atoms with E-state index in [-0.39, 0.29) is 23.7 Å². The van der Waals surface area contributed by atoms with Crippen LogP contribution in [0.25, 0.3) is 0 Å². The highest BCUT2D eigenvalue weighted by molar-refractivity contribution is 5.92. The van der Waals surface area contributed by atoms with E-state index in [1.165, 1.54) is 6.20 Å². The quantitative estimate of drug-likeness (QED) is 0.770. The molecular weight excluding hydrogens is 248 g/mol. The minimum atomic E-state index is -1.03. The number of nitrogens with zero attached hydrogens (tertiary/aromatic N) is 3. The summed E-state index contributed by atoms with van der Waals surface area (Å²) in [5, 5.41) is 18.9. The van der Waals surface area contributed by atoms with Crippen LogP contribution in [-0.2, 0) is 11.3 Å². The van der Waals surface area contributed by atoms with Crippen molar-refractivity contribution in [1.29, 1.82) is 0 Å². The first-order chi connectivity index (χ1) is 8.96. The number of aliphatic carboxylic acids is 1. The molecule has 2 N–H and O–H groups in total. The van der Waals surface area contributed by atoms with Gasteiger partial charge in [-0.05, 0) is 19.3 Å².